The SMILES string of the molecule is C/C=C1\C(=NC(C)CC)C(c2cc(O)cc3ccc(F)c(CC)c23)=C(C)c2nc(OC)nc(N3CCOCC(C)(O)C3)c21. The standard InChI is InChI=1S/C34H41FN4O4/c1-8-19(4)36-31-24(10-3)29-30(37-33(42-7)38-32(29)39-13-14-43-18-34(6,41)17-39)20(5)27(31)25-16-22(40)15-21-11-12-26(35)23(9-2)28(21)25/h10-12,15-16,19,40-41H,8-9,13-14,17-18H2,1-7H3/b24-10-,36-31?. The molecule has 2 aliphatic rings. The maximum atomic E-state index is 15.3. The number of fused-ring (bicyclic) bond motifs is 2. The molecule has 0 saturated carbocycles. The number of β-amino-alcohol motifs (C(OH)–C–C–N with tert-alkyl or cyclic N) is 1. The summed E-state index contributed by atoms with van der Waals surface area (Å²) in [5.41, 5.74) is 4.77. The van der Waals surface area contributed by atoms with E-state index in [2.05, 4.69) is 13.8 Å². The molecule has 0 bridgehead atoms. The number of anilines is 1. The van der Waals surface area contributed by atoms with Gasteiger partial charge in [-0.3, -0.25) is 4.99 Å². The highest BCUT2D eigenvalue weighted by atomic mass is 19.1. The molecule has 2 aromatic carbocycles. The molecule has 1 aliphatic carbocycles. The Hall–Kier alpha value is -3.82. The van der Waals surface area contributed by atoms with Gasteiger partial charge in [0.15, 0.2) is 0 Å². The number of aromatic hydroxyl groups is 1. The molecule has 43 heavy (non-hydrogen) atoms. The number of ether oxygens (including phenoxy) is 2. The lowest BCUT2D eigenvalue weighted by Crippen LogP contribution is -2.42. The molecule has 228 valence electrons. The summed E-state index contributed by atoms with van der Waals surface area (Å²) in [7, 11) is 1.53. The van der Waals surface area contributed by atoms with Crippen molar-refractivity contribution in [2.24, 2.45) is 4.99 Å². The number of aliphatic imine (C=N–C) groups is 1. The van der Waals surface area contributed by atoms with Crippen LogP contribution >= 0.6 is 0 Å². The van der Waals surface area contributed by atoms with Crippen LogP contribution < -0.4 is 9.64 Å². The lowest BCUT2D eigenvalue weighted by atomic mass is 9.78. The summed E-state index contributed by atoms with van der Waals surface area (Å²) in [5, 5.41) is 23.4. The number of methoxy groups -OCH3 is 1. The van der Waals surface area contributed by atoms with Crippen LogP contribution in [0, 0.1) is 5.82 Å². The third-order valence-corrected chi connectivity index (χ3v) is 8.30. The van der Waals surface area contributed by atoms with Crippen LogP contribution in [-0.2, 0) is 11.2 Å². The van der Waals surface area contributed by atoms with Gasteiger partial charge in [0, 0.05) is 23.7 Å². The van der Waals surface area contributed by atoms with Crippen LogP contribution in [0.3, 0.4) is 0 Å². The molecule has 2 unspecified atom stereocenters. The quantitative estimate of drug-likeness (QED) is 0.353. The van der Waals surface area contributed by atoms with Gasteiger partial charge in [-0.05, 0) is 86.2 Å². The summed E-state index contributed by atoms with van der Waals surface area (Å²) < 4.78 is 26.6. The lowest BCUT2D eigenvalue weighted by Gasteiger charge is -2.33. The van der Waals surface area contributed by atoms with E-state index in [1.165, 1.54) is 13.2 Å². The van der Waals surface area contributed by atoms with E-state index in [1.54, 1.807) is 25.1 Å². The number of hydrogen-bond donors (Lipinski definition) is 2. The van der Waals surface area contributed by atoms with Gasteiger partial charge in [0.25, 0.3) is 0 Å². The molecule has 2 atom stereocenters. The van der Waals surface area contributed by atoms with Crippen LogP contribution in [0.4, 0.5) is 10.2 Å². The number of benzene rings is 2. The van der Waals surface area contributed by atoms with E-state index < -0.39 is 5.60 Å². The summed E-state index contributed by atoms with van der Waals surface area (Å²) in [6.45, 7) is 13.2. The van der Waals surface area contributed by atoms with Gasteiger partial charge < -0.3 is 24.6 Å². The molecule has 1 saturated heterocycles. The van der Waals surface area contributed by atoms with Crippen LogP contribution in [0.2, 0.25) is 0 Å². The predicted octanol–water partition coefficient (Wildman–Crippen LogP) is 6.22. The molecule has 1 aromatic heterocycles. The third-order valence-electron chi connectivity index (χ3n) is 8.30. The first-order valence-electron chi connectivity index (χ1n) is 15.0. The van der Waals surface area contributed by atoms with Gasteiger partial charge in [-0.25, -0.2) is 4.39 Å². The van der Waals surface area contributed by atoms with Crippen LogP contribution in [0.5, 0.6) is 11.8 Å². The molecule has 3 aromatic rings. The molecule has 8 nitrogen and oxygen atoms in total. The van der Waals surface area contributed by atoms with Gasteiger partial charge in [-0.1, -0.05) is 26.0 Å². The Morgan fingerprint density at radius 1 is 1.26 bits per heavy atom. The Labute approximate surface area is 252 Å². The van der Waals surface area contributed by atoms with E-state index >= 15 is 4.39 Å². The third kappa shape index (κ3) is 5.63. The van der Waals surface area contributed by atoms with Crippen LogP contribution in [-0.4, -0.2) is 70.9 Å². The minimum absolute atomic E-state index is 0.0183. The molecule has 1 fully saturated rings. The smallest absolute Gasteiger partial charge is 0.318 e. The number of hydrogen-bond acceptors (Lipinski definition) is 8. The second kappa shape index (κ2) is 12.1. The highest BCUT2D eigenvalue weighted by molar-refractivity contribution is 6.51. The normalized spacial score (nSPS) is 21.8. The second-order valence-corrected chi connectivity index (χ2v) is 11.6. The van der Waals surface area contributed by atoms with Gasteiger partial charge in [0.05, 0.1) is 43.8 Å². The minimum Gasteiger partial charge on any atom is -0.508 e. The Balaban J connectivity index is 1.92. The van der Waals surface area contributed by atoms with E-state index in [4.69, 9.17) is 24.4 Å². The van der Waals surface area contributed by atoms with Crippen molar-refractivity contribution in [2.75, 3.05) is 38.3 Å². The summed E-state index contributed by atoms with van der Waals surface area (Å²) in [6, 6.07) is 6.71. The Morgan fingerprint density at radius 2 is 2.02 bits per heavy atom. The topological polar surface area (TPSA) is 100 Å². The van der Waals surface area contributed by atoms with E-state index in [1.807, 2.05) is 31.7 Å². The van der Waals surface area contributed by atoms with Crippen molar-refractivity contribution in [1.82, 2.24) is 9.97 Å². The summed E-state index contributed by atoms with van der Waals surface area (Å²) in [4.78, 5) is 16.9. The molecular formula is C34H41FN4O4. The van der Waals surface area contributed by atoms with Crippen molar-refractivity contribution in [3.63, 3.8) is 0 Å². The Kier molecular flexibility index (Phi) is 8.58. The molecule has 0 spiro atoms. The van der Waals surface area contributed by atoms with Gasteiger partial charge in [-0.2, -0.15) is 9.97 Å². The minimum atomic E-state index is -1.09. The van der Waals surface area contributed by atoms with E-state index in [-0.39, 0.29) is 30.2 Å². The largest absolute Gasteiger partial charge is 0.508 e. The van der Waals surface area contributed by atoms with Crippen molar-refractivity contribution in [3.05, 3.63) is 58.5 Å². The number of aryl methyl sites for hydroxylation is 1. The number of phenolic OH excluding ortho intramolecular Hbond substituents is 1. The number of phenols is 1. The maximum absolute atomic E-state index is 15.3. The predicted molar refractivity (Wildman–Crippen MR) is 171 cm³/mol. The van der Waals surface area contributed by atoms with Crippen molar-refractivity contribution < 1.29 is 24.1 Å². The fourth-order valence-corrected chi connectivity index (χ4v) is 6.10. The number of rotatable bonds is 6. The zero-order chi connectivity index (χ0) is 31.1. The van der Waals surface area contributed by atoms with Crippen molar-refractivity contribution >= 4 is 39.0 Å². The first kappa shape index (κ1) is 30.6. The number of aromatic nitrogens is 2. The molecule has 0 radical (unpaired) electrons. The number of nitrogens with zero attached hydrogens (tertiary/aromatic N) is 4. The number of allylic oxidation sites excluding steroid dienone is 4. The lowest BCUT2D eigenvalue weighted by molar-refractivity contribution is -0.0123. The second-order valence-electron chi connectivity index (χ2n) is 11.6. The van der Waals surface area contributed by atoms with Gasteiger partial charge in [0.2, 0.25) is 0 Å². The molecule has 2 heterocycles. The van der Waals surface area contributed by atoms with Gasteiger partial charge in [-0.15, -0.1) is 0 Å². The maximum Gasteiger partial charge on any atom is 0.318 e. The molecule has 1 aliphatic heterocycles. The van der Waals surface area contributed by atoms with Crippen molar-refractivity contribution in [3.8, 4) is 11.8 Å². The van der Waals surface area contributed by atoms with Gasteiger partial charge >= 0.3 is 6.01 Å². The van der Waals surface area contributed by atoms with Crippen LogP contribution in [0.1, 0.15) is 70.3 Å². The van der Waals surface area contributed by atoms with E-state index in [9.17, 15) is 10.2 Å². The average molecular weight is 589 g/mol. The monoisotopic (exact) mass is 588 g/mol. The zero-order valence-corrected chi connectivity index (χ0v) is 26.1. The first-order chi connectivity index (χ1) is 20.5. The molecule has 5 rings (SSSR count). The Morgan fingerprint density at radius 3 is 2.70 bits per heavy atom. The fourth-order valence-electron chi connectivity index (χ4n) is 6.10. The highest BCUT2D eigenvalue weighted by Gasteiger charge is 2.37. The fraction of sp³-hybridized carbons (Fsp3) is 0.441. The number of aliphatic hydroxyl groups is 1. The zero-order valence-electron chi connectivity index (χ0n) is 26.1. The summed E-state index contributed by atoms with van der Waals surface area (Å²) in [6.07, 6.45) is 3.30. The van der Waals surface area contributed by atoms with Gasteiger partial charge in [0.1, 0.15) is 23.0 Å². The van der Waals surface area contributed by atoms with Crippen LogP contribution in [0.15, 0.2) is 35.3 Å². The summed E-state index contributed by atoms with van der Waals surface area (Å²) in [5.74, 6) is 0.418. The Bertz CT molecular complexity index is 1660. The highest BCUT2D eigenvalue weighted by Crippen LogP contribution is 2.47. The van der Waals surface area contributed by atoms with E-state index in [0.717, 1.165) is 45.2 Å². The molecular weight excluding hydrogens is 547 g/mol. The number of halogens is 1. The average Bonchev–Trinajstić information content (AvgIpc) is 3.17. The molecule has 2 N–H and O–H groups in total. The van der Waals surface area contributed by atoms with Crippen molar-refractivity contribution in [1.29, 1.82) is 0 Å². The first-order valence-corrected chi connectivity index (χ1v) is 15.0. The molecule has 9 heteroatoms. The summed E-state index contributed by atoms with van der Waals surface area (Å²) >= 11 is 0. The van der Waals surface area contributed by atoms with Crippen molar-refractivity contribution in [2.45, 2.75) is 66.0 Å². The molecule has 0 amide bonds. The van der Waals surface area contributed by atoms with E-state index in [0.29, 0.717) is 48.8 Å². The van der Waals surface area contributed by atoms with Crippen LogP contribution in [0.25, 0.3) is 27.5 Å².